The Balaban J connectivity index is 1.76. The molecule has 1 aliphatic rings. The van der Waals surface area contributed by atoms with E-state index in [1.165, 1.54) is 5.56 Å². The Bertz CT molecular complexity index is 1250. The third kappa shape index (κ3) is 10.0. The molecule has 3 rings (SSSR count). The summed E-state index contributed by atoms with van der Waals surface area (Å²) in [6.07, 6.45) is 4.61. The van der Waals surface area contributed by atoms with Gasteiger partial charge >= 0.3 is 0 Å². The second-order valence-electron chi connectivity index (χ2n) is 13.2. The van der Waals surface area contributed by atoms with E-state index in [9.17, 15) is 9.59 Å². The van der Waals surface area contributed by atoms with Crippen LogP contribution in [0.4, 0.5) is 0 Å². The van der Waals surface area contributed by atoms with Crippen molar-refractivity contribution in [3.8, 4) is 0 Å². The number of hydrogen-bond donors (Lipinski definition) is 2. The number of nitrogens with one attached hydrogen (secondary N) is 2. The Morgan fingerprint density at radius 1 is 1.15 bits per heavy atom. The van der Waals surface area contributed by atoms with Gasteiger partial charge in [-0.05, 0) is 43.7 Å². The average molecular weight is 688 g/mol. The zero-order valence-electron chi connectivity index (χ0n) is 29.8. The predicted octanol–water partition coefficient (Wildman–Crippen LogP) is 5.51. The Morgan fingerprint density at radius 3 is 2.40 bits per heavy atom. The molecular weight excluding hydrogens is 631 g/mol. The van der Waals surface area contributed by atoms with Crippen molar-refractivity contribution in [3.63, 3.8) is 0 Å². The van der Waals surface area contributed by atoms with Gasteiger partial charge in [-0.15, -0.1) is 11.3 Å². The Hall–Kier alpha value is -2.44. The normalized spacial score (nSPS) is 19.4. The first-order chi connectivity index (χ1) is 22.5. The molecule has 1 saturated heterocycles. The molecule has 0 saturated carbocycles. The molecule has 8 atom stereocenters. The first kappa shape index (κ1) is 39.0. The average Bonchev–Trinajstić information content (AvgIpc) is 3.78. The largest absolute Gasteiger partial charge is 0.379 e. The van der Waals surface area contributed by atoms with Gasteiger partial charge in [-0.3, -0.25) is 9.59 Å². The molecule has 8 unspecified atom stereocenters. The van der Waals surface area contributed by atoms with Crippen molar-refractivity contribution in [2.24, 2.45) is 17.8 Å². The van der Waals surface area contributed by atoms with Crippen LogP contribution in [0.3, 0.4) is 0 Å². The number of ether oxygens (including phenoxy) is 2. The van der Waals surface area contributed by atoms with E-state index in [-0.39, 0.29) is 66.3 Å². The van der Waals surface area contributed by atoms with Crippen LogP contribution < -0.4 is 10.6 Å². The summed E-state index contributed by atoms with van der Waals surface area (Å²) in [4.78, 5) is 36.7. The zero-order valence-corrected chi connectivity index (χ0v) is 31.4. The monoisotopic (exact) mass is 687 g/mol. The second-order valence-corrected chi connectivity index (χ2v) is 14.6. The summed E-state index contributed by atoms with van der Waals surface area (Å²) in [6, 6.07) is 9.58. The minimum atomic E-state index is -0.449. The van der Waals surface area contributed by atoms with E-state index in [2.05, 4.69) is 48.5 Å². The standard InChI is InChI=1S/C36H57N5O4S2/c1-10-24(4)32(40(7)36(43)31(37-6)23(2)3)29(44-8)22-30(42)41-19-14-17-28(41)33(45-9)25(5)34(46)39-27(35-38-18-20-47-35)21-26-15-12-11-13-16-26/h11-13,15-16,18,20,23-25,27-29,31-33,37H,10,14,17,19,21-22H2,1-9H3,(H,39,46). The molecule has 2 amide bonds. The fraction of sp³-hybridized carbons (Fsp3) is 0.667. The van der Waals surface area contributed by atoms with Gasteiger partial charge in [0.1, 0.15) is 5.01 Å². The summed E-state index contributed by atoms with van der Waals surface area (Å²) >= 11 is 7.62. The Kier molecular flexibility index (Phi) is 15.7. The number of benzene rings is 1. The van der Waals surface area contributed by atoms with Gasteiger partial charge in [0.25, 0.3) is 0 Å². The van der Waals surface area contributed by atoms with E-state index < -0.39 is 6.10 Å². The van der Waals surface area contributed by atoms with Crippen molar-refractivity contribution >= 4 is 40.4 Å². The van der Waals surface area contributed by atoms with E-state index in [0.29, 0.717) is 11.5 Å². The molecular formula is C36H57N5O4S2. The number of carbonyl (C=O) groups excluding carboxylic acids is 2. The number of amides is 2. The molecule has 0 radical (unpaired) electrons. The van der Waals surface area contributed by atoms with E-state index in [1.807, 2.05) is 62.6 Å². The summed E-state index contributed by atoms with van der Waals surface area (Å²) in [5, 5.41) is 9.74. The van der Waals surface area contributed by atoms with Crippen molar-refractivity contribution in [2.75, 3.05) is 34.9 Å². The van der Waals surface area contributed by atoms with Gasteiger partial charge < -0.3 is 29.9 Å². The van der Waals surface area contributed by atoms with Gasteiger partial charge in [0.05, 0.1) is 47.8 Å². The predicted molar refractivity (Wildman–Crippen MR) is 195 cm³/mol. The number of hydrogen-bond acceptors (Lipinski definition) is 8. The van der Waals surface area contributed by atoms with Crippen LogP contribution in [0.1, 0.15) is 76.9 Å². The van der Waals surface area contributed by atoms with Gasteiger partial charge in [0.15, 0.2) is 0 Å². The molecule has 0 spiro atoms. The number of aromatic nitrogens is 1. The molecule has 2 aromatic rings. The summed E-state index contributed by atoms with van der Waals surface area (Å²) in [6.45, 7) is 11.0. The number of carbonyl (C=O) groups is 2. The van der Waals surface area contributed by atoms with Crippen LogP contribution in [0.5, 0.6) is 0 Å². The number of nitrogens with zero attached hydrogens (tertiary/aromatic N) is 3. The zero-order chi connectivity index (χ0) is 34.7. The van der Waals surface area contributed by atoms with Crippen molar-refractivity contribution < 1.29 is 19.1 Å². The highest BCUT2D eigenvalue weighted by atomic mass is 32.1. The number of likely N-dealkylation sites (tertiary alicyclic amines) is 1. The Labute approximate surface area is 292 Å². The molecule has 262 valence electrons. The van der Waals surface area contributed by atoms with Crippen molar-refractivity contribution in [2.45, 2.75) is 103 Å². The van der Waals surface area contributed by atoms with E-state index in [4.69, 9.17) is 21.7 Å². The maximum Gasteiger partial charge on any atom is 0.240 e. The highest BCUT2D eigenvalue weighted by molar-refractivity contribution is 7.80. The quantitative estimate of drug-likeness (QED) is 0.198. The highest BCUT2D eigenvalue weighted by Gasteiger charge is 2.42. The minimum Gasteiger partial charge on any atom is -0.379 e. The number of rotatable bonds is 18. The van der Waals surface area contributed by atoms with Crippen molar-refractivity contribution in [1.82, 2.24) is 25.4 Å². The number of thiazole rings is 1. The molecule has 47 heavy (non-hydrogen) atoms. The fourth-order valence-corrected chi connectivity index (χ4v) is 7.99. The van der Waals surface area contributed by atoms with Crippen molar-refractivity contribution in [3.05, 3.63) is 52.5 Å². The molecule has 1 fully saturated rings. The fourth-order valence-electron chi connectivity index (χ4n) is 7.03. The molecule has 2 heterocycles. The van der Waals surface area contributed by atoms with Crippen LogP contribution in [0, 0.1) is 17.8 Å². The lowest BCUT2D eigenvalue weighted by molar-refractivity contribution is -0.145. The van der Waals surface area contributed by atoms with Gasteiger partial charge in [-0.2, -0.15) is 0 Å². The molecule has 0 aliphatic carbocycles. The van der Waals surface area contributed by atoms with Gasteiger partial charge in [0.2, 0.25) is 11.8 Å². The smallest absolute Gasteiger partial charge is 0.240 e. The highest BCUT2D eigenvalue weighted by Crippen LogP contribution is 2.30. The SMILES string of the molecule is CCC(C)C(C(CC(=O)N1CCCC1C(OC)C(C)C(=S)NC(Cc1ccccc1)c1nccs1)OC)N(C)C(=O)C(NC)C(C)C. The lowest BCUT2D eigenvalue weighted by atomic mass is 9.89. The van der Waals surface area contributed by atoms with E-state index >= 15 is 0 Å². The first-order valence-electron chi connectivity index (χ1n) is 17.0. The van der Waals surface area contributed by atoms with E-state index in [0.717, 1.165) is 30.7 Å². The summed E-state index contributed by atoms with van der Waals surface area (Å²) in [5.41, 5.74) is 1.20. The lowest BCUT2D eigenvalue weighted by Gasteiger charge is -2.40. The van der Waals surface area contributed by atoms with Gasteiger partial charge in [-0.25, -0.2) is 4.98 Å². The van der Waals surface area contributed by atoms with Gasteiger partial charge in [0, 0.05) is 45.3 Å². The van der Waals surface area contributed by atoms with Crippen LogP contribution in [0.2, 0.25) is 0 Å². The van der Waals surface area contributed by atoms with Crippen LogP contribution >= 0.6 is 23.6 Å². The third-order valence-electron chi connectivity index (χ3n) is 9.85. The van der Waals surface area contributed by atoms with Crippen LogP contribution in [-0.4, -0.2) is 96.8 Å². The molecule has 0 bridgehead atoms. The van der Waals surface area contributed by atoms with Crippen LogP contribution in [-0.2, 0) is 25.5 Å². The number of likely N-dealkylation sites (N-methyl/N-ethyl adjacent to an activating group) is 2. The molecule has 9 nitrogen and oxygen atoms in total. The number of methoxy groups -OCH3 is 2. The minimum absolute atomic E-state index is 0.0129. The number of thiocarbonyl (C=S) groups is 1. The topological polar surface area (TPSA) is 96.0 Å². The van der Waals surface area contributed by atoms with Crippen LogP contribution in [0.15, 0.2) is 41.9 Å². The van der Waals surface area contributed by atoms with Crippen LogP contribution in [0.25, 0.3) is 0 Å². The maximum atomic E-state index is 14.1. The molecule has 1 aromatic heterocycles. The molecule has 1 aliphatic heterocycles. The summed E-state index contributed by atoms with van der Waals surface area (Å²) in [5.74, 6) is 0.150. The van der Waals surface area contributed by atoms with Crippen molar-refractivity contribution in [1.29, 1.82) is 0 Å². The Morgan fingerprint density at radius 2 is 1.85 bits per heavy atom. The summed E-state index contributed by atoms with van der Waals surface area (Å²) < 4.78 is 12.1. The maximum absolute atomic E-state index is 14.1. The van der Waals surface area contributed by atoms with E-state index in [1.54, 1.807) is 30.5 Å². The third-order valence-corrected chi connectivity index (χ3v) is 11.2. The first-order valence-corrected chi connectivity index (χ1v) is 18.3. The lowest BCUT2D eigenvalue weighted by Crippen LogP contribution is -2.56. The van der Waals surface area contributed by atoms with Gasteiger partial charge in [-0.1, -0.05) is 83.6 Å². The second kappa shape index (κ2) is 18.9. The summed E-state index contributed by atoms with van der Waals surface area (Å²) in [7, 11) is 7.01. The molecule has 2 N–H and O–H groups in total. The molecule has 11 heteroatoms. The molecule has 1 aromatic carbocycles.